The van der Waals surface area contributed by atoms with E-state index < -0.39 is 16.2 Å². The van der Waals surface area contributed by atoms with Gasteiger partial charge in [-0.1, -0.05) is 6.07 Å². The number of hydrogen-bond donors (Lipinski definition) is 4. The maximum atomic E-state index is 12.2. The van der Waals surface area contributed by atoms with E-state index in [4.69, 9.17) is 5.11 Å². The first-order valence-corrected chi connectivity index (χ1v) is 10.3. The average molecular weight is 407 g/mol. The van der Waals surface area contributed by atoms with Gasteiger partial charge in [-0.05, 0) is 73.6 Å². The number of nitrogens with one attached hydrogen (secondary N) is 3. The Morgan fingerprint density at radius 3 is 2.23 bits per heavy atom. The van der Waals surface area contributed by atoms with Crippen molar-refractivity contribution >= 4 is 73.3 Å². The van der Waals surface area contributed by atoms with Crippen LogP contribution in [-0.4, -0.2) is 84.1 Å². The molecule has 0 spiro atoms. The molecule has 1 aromatic rings. The third kappa shape index (κ3) is 5.51. The number of urea groups is 1. The summed E-state index contributed by atoms with van der Waals surface area (Å²) in [4.78, 5) is 12.2. The van der Waals surface area contributed by atoms with Crippen LogP contribution in [0.25, 0.3) is 0 Å². The van der Waals surface area contributed by atoms with E-state index in [1.165, 1.54) is 11.1 Å². The zero-order valence-corrected chi connectivity index (χ0v) is 19.2. The first-order valence-electron chi connectivity index (χ1n) is 8.86. The van der Waals surface area contributed by atoms with Crippen LogP contribution in [0.5, 0.6) is 0 Å². The van der Waals surface area contributed by atoms with E-state index in [-0.39, 0.29) is 64.5 Å². The number of anilines is 1. The fourth-order valence-electron chi connectivity index (χ4n) is 3.71. The summed E-state index contributed by atoms with van der Waals surface area (Å²) < 4.78 is 28.1. The van der Waals surface area contributed by atoms with E-state index in [1.54, 1.807) is 0 Å². The number of carbonyl (C=O) groups is 1. The summed E-state index contributed by atoms with van der Waals surface area (Å²) in [5, 5.41) is 11.5. The van der Waals surface area contributed by atoms with Crippen LogP contribution < -0.4 is 14.8 Å². The Kier molecular flexibility index (Phi) is 8.55. The van der Waals surface area contributed by atoms with Crippen LogP contribution in [-0.2, 0) is 35.9 Å². The molecule has 7 nitrogen and oxygen atoms in total. The Bertz CT molecular complexity index is 736. The number of aryl methyl sites for hydroxylation is 2. The van der Waals surface area contributed by atoms with Gasteiger partial charge in [-0.25, -0.2) is 9.52 Å². The van der Waals surface area contributed by atoms with Crippen LogP contribution in [0.1, 0.15) is 47.9 Å². The molecule has 0 atom stereocenters. The Labute approximate surface area is 197 Å². The fourth-order valence-corrected chi connectivity index (χ4v) is 4.49. The van der Waals surface area contributed by atoms with Gasteiger partial charge in [0.1, 0.15) is 0 Å². The van der Waals surface area contributed by atoms with Gasteiger partial charge in [-0.3, -0.25) is 0 Å². The topological polar surface area (TPSA) is 108 Å². The molecule has 0 heterocycles. The molecule has 0 unspecified atom stereocenters. The molecular formula is C17H25KN3O4S. The van der Waals surface area contributed by atoms with Gasteiger partial charge in [0.05, 0.1) is 0 Å². The van der Waals surface area contributed by atoms with Gasteiger partial charge in [0, 0.05) is 70.2 Å². The van der Waals surface area contributed by atoms with Crippen molar-refractivity contribution in [3.63, 3.8) is 0 Å². The fraction of sp³-hybridized carbons (Fsp3) is 0.588. The second-order valence-electron chi connectivity index (χ2n) is 6.62. The van der Waals surface area contributed by atoms with Gasteiger partial charge in [0.2, 0.25) is 0 Å². The molecule has 26 heavy (non-hydrogen) atoms. The first-order chi connectivity index (χ1) is 12.0. The number of rotatable bonds is 7. The quantitative estimate of drug-likeness (QED) is 0.400. The number of benzene rings is 1. The summed E-state index contributed by atoms with van der Waals surface area (Å²) in [6.07, 6.45) is 7.04. The molecule has 1 aromatic carbocycles. The second kappa shape index (κ2) is 9.97. The van der Waals surface area contributed by atoms with Crippen molar-refractivity contribution in [1.82, 2.24) is 9.44 Å². The maximum absolute atomic E-state index is 12.2. The molecule has 0 saturated heterocycles. The predicted molar refractivity (Wildman–Crippen MR) is 102 cm³/mol. The molecule has 0 aliphatic heterocycles. The van der Waals surface area contributed by atoms with Gasteiger partial charge in [-0.2, -0.15) is 13.1 Å². The van der Waals surface area contributed by atoms with Gasteiger partial charge in [0.25, 0.3) is 0 Å². The number of carbonyl (C=O) groups excluding carboxylic acids is 1. The number of amides is 2. The van der Waals surface area contributed by atoms with Crippen LogP contribution in [0.2, 0.25) is 0 Å². The number of aliphatic hydroxyl groups is 1. The Morgan fingerprint density at radius 2 is 1.65 bits per heavy atom. The SMILES string of the molecule is O=C(Nc1c2c(cc3c1CCC3)CCC2)NS(=O)(=O)NCCCCO.[K]. The summed E-state index contributed by atoms with van der Waals surface area (Å²) in [7, 11) is -3.90. The summed E-state index contributed by atoms with van der Waals surface area (Å²) in [5.74, 6) is 0. The predicted octanol–water partition coefficient (Wildman–Crippen LogP) is 1.01. The summed E-state index contributed by atoms with van der Waals surface area (Å²) in [5.41, 5.74) is 5.69. The van der Waals surface area contributed by atoms with E-state index in [9.17, 15) is 13.2 Å². The maximum Gasteiger partial charge on any atom is 0.333 e. The Hall–Kier alpha value is -0.00364. The van der Waals surface area contributed by atoms with Crippen molar-refractivity contribution in [2.75, 3.05) is 18.5 Å². The molecule has 3 rings (SSSR count). The van der Waals surface area contributed by atoms with Crippen LogP contribution in [0, 0.1) is 0 Å². The first kappa shape index (κ1) is 22.3. The van der Waals surface area contributed by atoms with Crippen molar-refractivity contribution in [3.8, 4) is 0 Å². The third-order valence-corrected chi connectivity index (χ3v) is 5.85. The van der Waals surface area contributed by atoms with Crippen molar-refractivity contribution in [1.29, 1.82) is 0 Å². The minimum absolute atomic E-state index is 0. The average Bonchev–Trinajstić information content (AvgIpc) is 3.19. The van der Waals surface area contributed by atoms with Crippen LogP contribution >= 0.6 is 0 Å². The number of aliphatic hydroxyl groups excluding tert-OH is 1. The van der Waals surface area contributed by atoms with Crippen molar-refractivity contribution in [2.24, 2.45) is 0 Å². The Balaban J connectivity index is 0.00000243. The van der Waals surface area contributed by atoms with Crippen molar-refractivity contribution in [3.05, 3.63) is 28.3 Å². The largest absolute Gasteiger partial charge is 0.396 e. The molecule has 4 N–H and O–H groups in total. The van der Waals surface area contributed by atoms with E-state index >= 15 is 0 Å². The molecule has 139 valence electrons. The summed E-state index contributed by atoms with van der Waals surface area (Å²) in [6.45, 7) is 0.194. The molecule has 0 aromatic heterocycles. The monoisotopic (exact) mass is 406 g/mol. The second-order valence-corrected chi connectivity index (χ2v) is 8.12. The summed E-state index contributed by atoms with van der Waals surface area (Å²) in [6, 6.07) is 1.52. The minimum Gasteiger partial charge on any atom is -0.396 e. The van der Waals surface area contributed by atoms with Crippen LogP contribution in [0.15, 0.2) is 6.07 Å². The van der Waals surface area contributed by atoms with Gasteiger partial charge >= 0.3 is 16.2 Å². The van der Waals surface area contributed by atoms with Crippen LogP contribution in [0.3, 0.4) is 0 Å². The zero-order valence-electron chi connectivity index (χ0n) is 15.2. The van der Waals surface area contributed by atoms with Gasteiger partial charge < -0.3 is 10.4 Å². The number of unbranched alkanes of at least 4 members (excludes halogenated alkanes) is 1. The van der Waals surface area contributed by atoms with E-state index in [1.807, 2.05) is 4.72 Å². The van der Waals surface area contributed by atoms with E-state index in [2.05, 4.69) is 16.1 Å². The van der Waals surface area contributed by atoms with Gasteiger partial charge in [0.15, 0.2) is 0 Å². The number of hydrogen-bond acceptors (Lipinski definition) is 4. The standard InChI is InChI=1S/C17H25N3O4S.K/c21-10-2-1-9-18-25(23,24)20-17(22)19-16-14-7-3-5-12(14)11-13-6-4-8-15(13)16;/h11,18,21H,1-10H2,(H2,19,20,22);. The molecule has 2 aliphatic rings. The molecule has 1 radical (unpaired) electrons. The molecule has 2 aliphatic carbocycles. The van der Waals surface area contributed by atoms with Crippen molar-refractivity contribution < 1.29 is 18.3 Å². The molecule has 0 bridgehead atoms. The van der Waals surface area contributed by atoms with Crippen molar-refractivity contribution in [2.45, 2.75) is 51.4 Å². The normalized spacial score (nSPS) is 15.1. The summed E-state index contributed by atoms with van der Waals surface area (Å²) >= 11 is 0. The van der Waals surface area contributed by atoms with Gasteiger partial charge in [-0.15, -0.1) is 0 Å². The smallest absolute Gasteiger partial charge is 0.333 e. The van der Waals surface area contributed by atoms with Crippen LogP contribution in [0.4, 0.5) is 10.5 Å². The number of fused-ring (bicyclic) bond motifs is 2. The van der Waals surface area contributed by atoms with E-state index in [0.717, 1.165) is 55.3 Å². The molecule has 9 heteroatoms. The minimum atomic E-state index is -3.90. The third-order valence-electron chi connectivity index (χ3n) is 4.82. The Morgan fingerprint density at radius 1 is 1.04 bits per heavy atom. The molecular weight excluding hydrogens is 381 g/mol. The zero-order chi connectivity index (χ0) is 17.9. The molecule has 0 fully saturated rings. The molecule has 2 amide bonds. The van der Waals surface area contributed by atoms with E-state index in [0.29, 0.717) is 12.8 Å². The molecule has 0 saturated carbocycles.